The van der Waals surface area contributed by atoms with Crippen LogP contribution in [0.1, 0.15) is 34.5 Å². The van der Waals surface area contributed by atoms with Crippen LogP contribution in [0.25, 0.3) is 10.9 Å². The lowest BCUT2D eigenvalue weighted by atomic mass is 9.74. The maximum Gasteiger partial charge on any atom is 0.253 e. The normalized spacial score (nSPS) is 15.7. The van der Waals surface area contributed by atoms with Gasteiger partial charge in [0.25, 0.3) is 5.91 Å². The number of rotatable bonds is 5. The highest BCUT2D eigenvalue weighted by atomic mass is 79.9. The monoisotopic (exact) mass is 468 g/mol. The molecule has 0 aliphatic carbocycles. The maximum atomic E-state index is 13.1. The Morgan fingerprint density at radius 1 is 1.20 bits per heavy atom. The fourth-order valence-corrected chi connectivity index (χ4v) is 4.49. The summed E-state index contributed by atoms with van der Waals surface area (Å²) in [5, 5.41) is 4.10. The van der Waals surface area contributed by atoms with Crippen LogP contribution >= 0.6 is 15.9 Å². The van der Waals surface area contributed by atoms with Crippen LogP contribution in [0.15, 0.2) is 53.0 Å². The van der Waals surface area contributed by atoms with Crippen LogP contribution in [0, 0.1) is 6.92 Å². The number of methoxy groups -OCH3 is 1. The number of nitrogens with zero attached hydrogens (tertiary/aromatic N) is 1. The van der Waals surface area contributed by atoms with Crippen molar-refractivity contribution < 1.29 is 14.3 Å². The van der Waals surface area contributed by atoms with Gasteiger partial charge in [0, 0.05) is 41.1 Å². The van der Waals surface area contributed by atoms with E-state index in [4.69, 9.17) is 9.47 Å². The average molecular weight is 469 g/mol. The van der Waals surface area contributed by atoms with Gasteiger partial charge < -0.3 is 14.8 Å². The van der Waals surface area contributed by atoms with Crippen molar-refractivity contribution in [2.75, 3.05) is 26.9 Å². The molecule has 4 rings (SSSR count). The van der Waals surface area contributed by atoms with Crippen LogP contribution in [0.3, 0.4) is 0 Å². The molecule has 0 radical (unpaired) electrons. The van der Waals surface area contributed by atoms with E-state index < -0.39 is 0 Å². The topological polar surface area (TPSA) is 60.5 Å². The summed E-state index contributed by atoms with van der Waals surface area (Å²) in [5.41, 5.74) is 3.21. The first-order valence-electron chi connectivity index (χ1n) is 10.1. The Labute approximate surface area is 184 Å². The summed E-state index contributed by atoms with van der Waals surface area (Å²) >= 11 is 3.58. The van der Waals surface area contributed by atoms with Crippen molar-refractivity contribution in [1.29, 1.82) is 0 Å². The molecular formula is C24H25BrN2O3. The molecule has 1 saturated heterocycles. The number of halogens is 1. The lowest BCUT2D eigenvalue weighted by Crippen LogP contribution is -2.44. The SMILES string of the molecule is COc1ccc2cc(C(=O)NCC3(c4cccc(Br)c4)CCOCC3)c(C)nc2c1. The number of carbonyl (C=O) groups excluding carboxylic acids is 1. The summed E-state index contributed by atoms with van der Waals surface area (Å²) in [7, 11) is 1.63. The molecule has 0 atom stereocenters. The molecule has 0 spiro atoms. The van der Waals surface area contributed by atoms with E-state index in [0.29, 0.717) is 31.0 Å². The zero-order valence-corrected chi connectivity index (χ0v) is 18.8. The summed E-state index contributed by atoms with van der Waals surface area (Å²) in [6.45, 7) is 3.82. The van der Waals surface area contributed by atoms with Crippen LogP contribution in [-0.2, 0) is 10.2 Å². The Morgan fingerprint density at radius 3 is 2.73 bits per heavy atom. The first-order chi connectivity index (χ1) is 14.5. The van der Waals surface area contributed by atoms with E-state index in [1.807, 2.05) is 43.3 Å². The fourth-order valence-electron chi connectivity index (χ4n) is 4.09. The number of aryl methyl sites for hydroxylation is 1. The molecule has 30 heavy (non-hydrogen) atoms. The molecule has 1 aliphatic heterocycles. The number of amides is 1. The van der Waals surface area contributed by atoms with Crippen molar-refractivity contribution in [2.45, 2.75) is 25.2 Å². The number of fused-ring (bicyclic) bond motifs is 1. The Morgan fingerprint density at radius 2 is 2.00 bits per heavy atom. The van der Waals surface area contributed by atoms with Crippen molar-refractivity contribution in [3.8, 4) is 5.75 Å². The molecule has 1 aromatic heterocycles. The van der Waals surface area contributed by atoms with Crippen LogP contribution in [0.5, 0.6) is 5.75 Å². The van der Waals surface area contributed by atoms with E-state index in [1.54, 1.807) is 7.11 Å². The molecule has 1 N–H and O–H groups in total. The third kappa shape index (κ3) is 4.20. The van der Waals surface area contributed by atoms with Crippen molar-refractivity contribution in [2.24, 2.45) is 0 Å². The highest BCUT2D eigenvalue weighted by molar-refractivity contribution is 9.10. The lowest BCUT2D eigenvalue weighted by molar-refractivity contribution is 0.0487. The van der Waals surface area contributed by atoms with E-state index in [2.05, 4.69) is 38.4 Å². The van der Waals surface area contributed by atoms with Crippen LogP contribution in [0.2, 0.25) is 0 Å². The van der Waals surface area contributed by atoms with Gasteiger partial charge >= 0.3 is 0 Å². The van der Waals surface area contributed by atoms with Gasteiger partial charge in [-0.1, -0.05) is 28.1 Å². The largest absolute Gasteiger partial charge is 0.497 e. The minimum atomic E-state index is -0.136. The van der Waals surface area contributed by atoms with Crippen molar-refractivity contribution in [3.63, 3.8) is 0 Å². The highest BCUT2D eigenvalue weighted by Gasteiger charge is 2.35. The number of carbonyl (C=O) groups is 1. The van der Waals surface area contributed by atoms with Gasteiger partial charge in [0.1, 0.15) is 5.75 Å². The number of benzene rings is 2. The van der Waals surface area contributed by atoms with Gasteiger partial charge in [-0.3, -0.25) is 9.78 Å². The molecule has 5 nitrogen and oxygen atoms in total. The number of nitrogens with one attached hydrogen (secondary N) is 1. The first-order valence-corrected chi connectivity index (χ1v) is 10.9. The third-order valence-electron chi connectivity index (χ3n) is 5.93. The van der Waals surface area contributed by atoms with Gasteiger partial charge in [0.2, 0.25) is 0 Å². The molecule has 2 aromatic carbocycles. The Kier molecular flexibility index (Phi) is 6.06. The second kappa shape index (κ2) is 8.74. The molecule has 0 bridgehead atoms. The van der Waals surface area contributed by atoms with E-state index in [0.717, 1.165) is 34.0 Å². The van der Waals surface area contributed by atoms with Gasteiger partial charge in [-0.25, -0.2) is 0 Å². The van der Waals surface area contributed by atoms with E-state index in [9.17, 15) is 4.79 Å². The predicted octanol–water partition coefficient (Wildman–Crippen LogP) is 4.79. The van der Waals surface area contributed by atoms with E-state index in [1.165, 1.54) is 5.56 Å². The van der Waals surface area contributed by atoms with Crippen LogP contribution in [-0.4, -0.2) is 37.8 Å². The minimum Gasteiger partial charge on any atom is -0.497 e. The van der Waals surface area contributed by atoms with Crippen molar-refractivity contribution in [3.05, 3.63) is 69.8 Å². The second-order valence-electron chi connectivity index (χ2n) is 7.77. The van der Waals surface area contributed by atoms with Gasteiger partial charge in [-0.05, 0) is 55.7 Å². The molecule has 156 valence electrons. The van der Waals surface area contributed by atoms with Crippen molar-refractivity contribution >= 4 is 32.7 Å². The smallest absolute Gasteiger partial charge is 0.253 e. The zero-order valence-electron chi connectivity index (χ0n) is 17.2. The predicted molar refractivity (Wildman–Crippen MR) is 121 cm³/mol. The third-order valence-corrected chi connectivity index (χ3v) is 6.43. The lowest BCUT2D eigenvalue weighted by Gasteiger charge is -2.38. The number of hydrogen-bond donors (Lipinski definition) is 1. The van der Waals surface area contributed by atoms with E-state index >= 15 is 0 Å². The van der Waals surface area contributed by atoms with E-state index in [-0.39, 0.29) is 11.3 Å². The van der Waals surface area contributed by atoms with Crippen molar-refractivity contribution in [1.82, 2.24) is 10.3 Å². The average Bonchev–Trinajstić information content (AvgIpc) is 2.77. The number of hydrogen-bond acceptors (Lipinski definition) is 4. The summed E-state index contributed by atoms with van der Waals surface area (Å²) in [5.74, 6) is 0.653. The molecule has 0 saturated carbocycles. The fraction of sp³-hybridized carbons (Fsp3) is 0.333. The molecule has 6 heteroatoms. The van der Waals surface area contributed by atoms with Crippen LogP contribution < -0.4 is 10.1 Å². The molecule has 1 amide bonds. The van der Waals surface area contributed by atoms with Gasteiger partial charge in [0.15, 0.2) is 0 Å². The molecule has 3 aromatic rings. The maximum absolute atomic E-state index is 13.1. The minimum absolute atomic E-state index is 0.0985. The zero-order chi connectivity index (χ0) is 21.1. The Bertz CT molecular complexity index is 1080. The number of aromatic nitrogens is 1. The standard InChI is InChI=1S/C24H25BrN2O3/c1-16-21(12-17-6-7-20(29-2)14-22(17)27-16)23(28)26-15-24(8-10-30-11-9-24)18-4-3-5-19(25)13-18/h3-7,12-14H,8-11,15H2,1-2H3,(H,26,28). The van der Waals surface area contributed by atoms with Gasteiger partial charge in [-0.15, -0.1) is 0 Å². The van der Waals surface area contributed by atoms with Gasteiger partial charge in [-0.2, -0.15) is 0 Å². The quantitative estimate of drug-likeness (QED) is 0.584. The summed E-state index contributed by atoms with van der Waals surface area (Å²) in [4.78, 5) is 17.7. The first kappa shape index (κ1) is 20.8. The summed E-state index contributed by atoms with van der Waals surface area (Å²) in [6.07, 6.45) is 1.75. The number of ether oxygens (including phenoxy) is 2. The highest BCUT2D eigenvalue weighted by Crippen LogP contribution is 2.35. The Balaban J connectivity index is 1.58. The summed E-state index contributed by atoms with van der Waals surface area (Å²) < 4.78 is 11.9. The molecule has 2 heterocycles. The molecular weight excluding hydrogens is 444 g/mol. The molecule has 1 aliphatic rings. The summed E-state index contributed by atoms with van der Waals surface area (Å²) in [6, 6.07) is 15.9. The Hall–Kier alpha value is -2.44. The second-order valence-corrected chi connectivity index (χ2v) is 8.68. The van der Waals surface area contributed by atoms with Crippen LogP contribution in [0.4, 0.5) is 0 Å². The van der Waals surface area contributed by atoms with Gasteiger partial charge in [0.05, 0.1) is 23.9 Å². The number of pyridine rings is 1. The molecule has 1 fully saturated rings. The molecule has 0 unspecified atom stereocenters.